The molecule has 29 heavy (non-hydrogen) atoms. The zero-order valence-electron chi connectivity index (χ0n) is 16.1. The van der Waals surface area contributed by atoms with Crippen molar-refractivity contribution in [2.45, 2.75) is 17.4 Å². The van der Waals surface area contributed by atoms with Crippen molar-refractivity contribution < 1.29 is 9.21 Å². The van der Waals surface area contributed by atoms with Crippen LogP contribution in [-0.2, 0) is 12.2 Å². The fourth-order valence-corrected chi connectivity index (χ4v) is 3.88. The summed E-state index contributed by atoms with van der Waals surface area (Å²) in [7, 11) is 1.83. The molecular weight excluding hydrogens is 382 g/mol. The first-order valence-corrected chi connectivity index (χ1v) is 10.4. The van der Waals surface area contributed by atoms with Gasteiger partial charge in [0.25, 0.3) is 11.1 Å². The maximum Gasteiger partial charge on any atom is 0.257 e. The summed E-state index contributed by atoms with van der Waals surface area (Å²) in [5.74, 6) is 0.623. The Morgan fingerprint density at radius 2 is 1.83 bits per heavy atom. The molecule has 0 fully saturated rings. The fraction of sp³-hybridized carbons (Fsp3) is 0.174. The van der Waals surface area contributed by atoms with Crippen LogP contribution in [-0.4, -0.2) is 34.4 Å². The SMILES string of the molecule is CN(CCc1ccccn1)C(=O)c1ccccc1CSc1nc2ccccc2o1. The van der Waals surface area contributed by atoms with Crippen molar-refractivity contribution in [2.75, 3.05) is 13.6 Å². The molecule has 0 saturated carbocycles. The van der Waals surface area contributed by atoms with Crippen molar-refractivity contribution in [3.05, 3.63) is 89.7 Å². The number of benzene rings is 2. The van der Waals surface area contributed by atoms with Gasteiger partial charge in [-0.05, 0) is 35.9 Å². The molecule has 2 heterocycles. The number of aromatic nitrogens is 2. The Kier molecular flexibility index (Phi) is 5.91. The summed E-state index contributed by atoms with van der Waals surface area (Å²) in [6.07, 6.45) is 2.50. The van der Waals surface area contributed by atoms with Crippen LogP contribution in [0.1, 0.15) is 21.6 Å². The summed E-state index contributed by atoms with van der Waals surface area (Å²) in [4.78, 5) is 23.6. The van der Waals surface area contributed by atoms with E-state index in [4.69, 9.17) is 4.42 Å². The molecule has 4 aromatic rings. The van der Waals surface area contributed by atoms with Gasteiger partial charge in [0.15, 0.2) is 5.58 Å². The van der Waals surface area contributed by atoms with E-state index < -0.39 is 0 Å². The molecule has 0 bridgehead atoms. The smallest absolute Gasteiger partial charge is 0.257 e. The van der Waals surface area contributed by atoms with Gasteiger partial charge in [0.1, 0.15) is 5.52 Å². The van der Waals surface area contributed by atoms with E-state index in [9.17, 15) is 4.79 Å². The van der Waals surface area contributed by atoms with Crippen LogP contribution >= 0.6 is 11.8 Å². The van der Waals surface area contributed by atoms with Crippen LogP contribution < -0.4 is 0 Å². The van der Waals surface area contributed by atoms with E-state index in [1.54, 1.807) is 11.1 Å². The van der Waals surface area contributed by atoms with Crippen LogP contribution in [0.25, 0.3) is 11.1 Å². The number of hydrogen-bond acceptors (Lipinski definition) is 5. The van der Waals surface area contributed by atoms with Crippen LogP contribution in [0.2, 0.25) is 0 Å². The molecule has 5 nitrogen and oxygen atoms in total. The zero-order chi connectivity index (χ0) is 20.1. The van der Waals surface area contributed by atoms with Crippen LogP contribution in [0.5, 0.6) is 0 Å². The minimum absolute atomic E-state index is 0.00898. The number of carbonyl (C=O) groups excluding carboxylic acids is 1. The second kappa shape index (κ2) is 8.92. The maximum atomic E-state index is 13.0. The predicted molar refractivity (Wildman–Crippen MR) is 115 cm³/mol. The van der Waals surface area contributed by atoms with E-state index in [-0.39, 0.29) is 5.91 Å². The number of para-hydroxylation sites is 2. The van der Waals surface area contributed by atoms with Gasteiger partial charge < -0.3 is 9.32 Å². The molecule has 1 amide bonds. The molecular formula is C23H21N3O2S. The Labute approximate surface area is 173 Å². The van der Waals surface area contributed by atoms with Crippen molar-refractivity contribution in [1.29, 1.82) is 0 Å². The zero-order valence-corrected chi connectivity index (χ0v) is 16.9. The van der Waals surface area contributed by atoms with Crippen LogP contribution in [0.4, 0.5) is 0 Å². The van der Waals surface area contributed by atoms with Crippen LogP contribution in [0.3, 0.4) is 0 Å². The molecule has 6 heteroatoms. The topological polar surface area (TPSA) is 59.2 Å². The number of hydrogen-bond donors (Lipinski definition) is 0. The molecule has 0 saturated heterocycles. The first kappa shape index (κ1) is 19.2. The molecule has 2 aromatic heterocycles. The van der Waals surface area contributed by atoms with E-state index in [2.05, 4.69) is 9.97 Å². The number of fused-ring (bicyclic) bond motifs is 1. The van der Waals surface area contributed by atoms with Gasteiger partial charge in [-0.2, -0.15) is 0 Å². The molecule has 0 unspecified atom stereocenters. The van der Waals surface area contributed by atoms with Gasteiger partial charge in [-0.3, -0.25) is 9.78 Å². The summed E-state index contributed by atoms with van der Waals surface area (Å²) in [5.41, 5.74) is 4.27. The highest BCUT2D eigenvalue weighted by atomic mass is 32.2. The number of thioether (sulfide) groups is 1. The van der Waals surface area contributed by atoms with Gasteiger partial charge in [0, 0.05) is 43.2 Å². The lowest BCUT2D eigenvalue weighted by Crippen LogP contribution is -2.29. The van der Waals surface area contributed by atoms with Gasteiger partial charge in [-0.25, -0.2) is 4.98 Å². The number of carbonyl (C=O) groups is 1. The summed E-state index contributed by atoms with van der Waals surface area (Å²) in [5, 5.41) is 0.608. The fourth-order valence-electron chi connectivity index (χ4n) is 3.04. The second-order valence-corrected chi connectivity index (χ2v) is 7.62. The summed E-state index contributed by atoms with van der Waals surface area (Å²) in [6.45, 7) is 0.614. The highest BCUT2D eigenvalue weighted by molar-refractivity contribution is 7.98. The Bertz CT molecular complexity index is 1080. The molecule has 4 rings (SSSR count). The standard InChI is InChI=1S/C23H21N3O2S/c1-26(15-13-18-9-6-7-14-24-18)22(27)19-10-3-2-8-17(19)16-29-23-25-20-11-4-5-12-21(20)28-23/h2-12,14H,13,15-16H2,1H3. The Morgan fingerprint density at radius 1 is 1.03 bits per heavy atom. The molecule has 0 N–H and O–H groups in total. The predicted octanol–water partition coefficient (Wildman–Crippen LogP) is 4.83. The number of pyridine rings is 1. The number of amides is 1. The normalized spacial score (nSPS) is 10.9. The third-order valence-corrected chi connectivity index (χ3v) is 5.53. The van der Waals surface area contributed by atoms with Gasteiger partial charge in [-0.15, -0.1) is 0 Å². The Morgan fingerprint density at radius 3 is 2.66 bits per heavy atom. The highest BCUT2D eigenvalue weighted by Crippen LogP contribution is 2.27. The lowest BCUT2D eigenvalue weighted by Gasteiger charge is -2.18. The van der Waals surface area contributed by atoms with E-state index in [1.807, 2.05) is 73.8 Å². The third kappa shape index (κ3) is 4.66. The second-order valence-electron chi connectivity index (χ2n) is 6.69. The lowest BCUT2D eigenvalue weighted by molar-refractivity contribution is 0.0795. The van der Waals surface area contributed by atoms with E-state index in [0.29, 0.717) is 23.1 Å². The minimum Gasteiger partial charge on any atom is -0.431 e. The first-order chi connectivity index (χ1) is 14.2. The lowest BCUT2D eigenvalue weighted by atomic mass is 10.1. The molecule has 2 aromatic carbocycles. The quantitative estimate of drug-likeness (QED) is 0.414. The van der Waals surface area contributed by atoms with Crippen molar-refractivity contribution in [1.82, 2.24) is 14.9 Å². The molecule has 0 aliphatic rings. The summed E-state index contributed by atoms with van der Waals surface area (Å²) >= 11 is 1.49. The number of oxazole rings is 1. The van der Waals surface area contributed by atoms with Gasteiger partial charge in [0.05, 0.1) is 0 Å². The van der Waals surface area contributed by atoms with Crippen molar-refractivity contribution in [3.8, 4) is 0 Å². The summed E-state index contributed by atoms with van der Waals surface area (Å²) < 4.78 is 5.77. The largest absolute Gasteiger partial charge is 0.431 e. The molecule has 0 radical (unpaired) electrons. The number of rotatable bonds is 7. The Hall–Kier alpha value is -3.12. The average Bonchev–Trinajstić information content (AvgIpc) is 3.19. The third-order valence-electron chi connectivity index (χ3n) is 4.65. The van der Waals surface area contributed by atoms with Gasteiger partial charge in [-0.1, -0.05) is 48.2 Å². The Balaban J connectivity index is 1.43. The van der Waals surface area contributed by atoms with Crippen LogP contribution in [0.15, 0.2) is 82.6 Å². The van der Waals surface area contributed by atoms with E-state index in [0.717, 1.165) is 28.8 Å². The molecule has 0 aliphatic heterocycles. The number of nitrogens with zero attached hydrogens (tertiary/aromatic N) is 3. The van der Waals surface area contributed by atoms with E-state index in [1.165, 1.54) is 11.8 Å². The van der Waals surface area contributed by atoms with Crippen molar-refractivity contribution >= 4 is 28.8 Å². The minimum atomic E-state index is 0.00898. The first-order valence-electron chi connectivity index (χ1n) is 9.42. The average molecular weight is 404 g/mol. The molecule has 146 valence electrons. The number of likely N-dealkylation sites (N-methyl/N-ethyl adjacent to an activating group) is 1. The van der Waals surface area contributed by atoms with Gasteiger partial charge in [0.2, 0.25) is 0 Å². The maximum absolute atomic E-state index is 13.0. The van der Waals surface area contributed by atoms with Crippen LogP contribution in [0, 0.1) is 0 Å². The highest BCUT2D eigenvalue weighted by Gasteiger charge is 2.16. The van der Waals surface area contributed by atoms with E-state index >= 15 is 0 Å². The molecule has 0 atom stereocenters. The van der Waals surface area contributed by atoms with Crippen molar-refractivity contribution in [3.63, 3.8) is 0 Å². The van der Waals surface area contributed by atoms with Gasteiger partial charge >= 0.3 is 0 Å². The monoisotopic (exact) mass is 403 g/mol. The van der Waals surface area contributed by atoms with Crippen molar-refractivity contribution in [2.24, 2.45) is 0 Å². The molecule has 0 spiro atoms. The summed E-state index contributed by atoms with van der Waals surface area (Å²) in [6, 6.07) is 21.2. The molecule has 0 aliphatic carbocycles.